The van der Waals surface area contributed by atoms with Crippen LogP contribution in [0.4, 0.5) is 0 Å². The molecule has 0 unspecified atom stereocenters. The summed E-state index contributed by atoms with van der Waals surface area (Å²) in [7, 11) is 2.22. The lowest BCUT2D eigenvalue weighted by atomic mass is 10.0. The molecule has 0 radical (unpaired) electrons. The van der Waals surface area contributed by atoms with Crippen molar-refractivity contribution >= 4 is 23.2 Å². The second-order valence-electron chi connectivity index (χ2n) is 7.38. The number of quaternary nitrogens is 2. The van der Waals surface area contributed by atoms with E-state index in [1.54, 1.807) is 4.90 Å². The van der Waals surface area contributed by atoms with Crippen molar-refractivity contribution in [1.29, 1.82) is 0 Å². The number of halogens is 2. The van der Waals surface area contributed by atoms with Crippen molar-refractivity contribution < 1.29 is 19.6 Å². The van der Waals surface area contributed by atoms with Gasteiger partial charge in [0.25, 0.3) is 0 Å². The summed E-state index contributed by atoms with van der Waals surface area (Å²) in [6, 6.07) is 15.3. The highest BCUT2D eigenvalue weighted by Crippen LogP contribution is 2.28. The number of hydrogen-bond donors (Lipinski definition) is 3. The zero-order chi connectivity index (χ0) is 19.2. The minimum absolute atomic E-state index is 0.263. The van der Waals surface area contributed by atoms with Crippen molar-refractivity contribution in [2.45, 2.75) is 12.2 Å². The first-order chi connectivity index (χ1) is 13.0. The van der Waals surface area contributed by atoms with Gasteiger partial charge in [0.15, 0.2) is 0 Å². The first kappa shape index (κ1) is 20.6. The molecule has 6 heteroatoms. The number of benzene rings is 2. The van der Waals surface area contributed by atoms with Crippen molar-refractivity contribution in [1.82, 2.24) is 0 Å². The quantitative estimate of drug-likeness (QED) is 0.633. The average Bonchev–Trinajstić information content (AvgIpc) is 2.66. The van der Waals surface area contributed by atoms with Gasteiger partial charge < -0.3 is 19.6 Å². The number of hydrogen-bond acceptors (Lipinski definition) is 2. The second kappa shape index (κ2) is 9.87. The Labute approximate surface area is 171 Å². The number of nitrogens with one attached hydrogen (secondary N) is 2. The molecule has 1 atom stereocenters. The normalized spacial score (nSPS) is 21.4. The minimum Gasteiger partial charge on any atom is -0.385 e. The van der Waals surface area contributed by atoms with Crippen LogP contribution < -0.4 is 9.80 Å². The van der Waals surface area contributed by atoms with E-state index in [1.165, 1.54) is 4.90 Å². The van der Waals surface area contributed by atoms with E-state index in [-0.39, 0.29) is 6.10 Å². The highest BCUT2D eigenvalue weighted by atomic mass is 35.5. The van der Waals surface area contributed by atoms with Crippen LogP contribution in [0.1, 0.15) is 17.2 Å². The van der Waals surface area contributed by atoms with E-state index in [2.05, 4.69) is 7.05 Å². The van der Waals surface area contributed by atoms with Crippen LogP contribution in [0.5, 0.6) is 0 Å². The van der Waals surface area contributed by atoms with Crippen molar-refractivity contribution in [2.24, 2.45) is 0 Å². The fourth-order valence-electron chi connectivity index (χ4n) is 3.49. The molecule has 2 aromatic rings. The molecule has 3 N–H and O–H groups in total. The molecule has 0 amide bonds. The van der Waals surface area contributed by atoms with Gasteiger partial charge in [-0.1, -0.05) is 47.5 Å². The summed E-state index contributed by atoms with van der Waals surface area (Å²) in [5, 5.41) is 11.9. The lowest BCUT2D eigenvalue weighted by Gasteiger charge is -2.29. The maximum absolute atomic E-state index is 10.5. The van der Waals surface area contributed by atoms with Crippen LogP contribution in [-0.2, 0) is 4.74 Å². The number of rotatable bonds is 7. The molecule has 1 fully saturated rings. The molecule has 1 heterocycles. The zero-order valence-corrected chi connectivity index (χ0v) is 17.1. The Bertz CT molecular complexity index is 656. The van der Waals surface area contributed by atoms with Crippen molar-refractivity contribution in [3.63, 3.8) is 0 Å². The minimum atomic E-state index is -0.486. The maximum Gasteiger partial charge on any atom is 0.127 e. The lowest BCUT2D eigenvalue weighted by Crippen LogP contribution is -3.27. The highest BCUT2D eigenvalue weighted by Gasteiger charge is 2.24. The van der Waals surface area contributed by atoms with Crippen molar-refractivity contribution in [3.8, 4) is 0 Å². The number of ether oxygens (including phenoxy) is 1. The number of aliphatic hydroxyl groups excluding tert-OH is 1. The third-order valence-electron chi connectivity index (χ3n) is 5.14. The third-order valence-corrected chi connectivity index (χ3v) is 5.64. The Morgan fingerprint density at radius 1 is 0.889 bits per heavy atom. The average molecular weight is 411 g/mol. The van der Waals surface area contributed by atoms with E-state index in [9.17, 15) is 5.11 Å². The monoisotopic (exact) mass is 410 g/mol. The van der Waals surface area contributed by atoms with E-state index < -0.39 is 6.10 Å². The van der Waals surface area contributed by atoms with E-state index in [0.717, 1.165) is 43.9 Å². The zero-order valence-electron chi connectivity index (χ0n) is 15.6. The van der Waals surface area contributed by atoms with E-state index >= 15 is 0 Å². The summed E-state index contributed by atoms with van der Waals surface area (Å²) in [5.41, 5.74) is 2.01. The summed E-state index contributed by atoms with van der Waals surface area (Å²) in [4.78, 5) is 3.02. The van der Waals surface area contributed by atoms with Gasteiger partial charge in [0, 0.05) is 10.0 Å². The van der Waals surface area contributed by atoms with Crippen LogP contribution in [0, 0.1) is 0 Å². The van der Waals surface area contributed by atoms with Gasteiger partial charge in [0.05, 0.1) is 13.7 Å². The smallest absolute Gasteiger partial charge is 0.127 e. The standard InChI is InChI=1S/C21H26Cl2N2O2/c1-24-10-12-25(13-11-24)14-20(26)15-27-21(16-2-6-18(22)7-3-16)17-4-8-19(23)9-5-17/h2-9,20-21,26H,10-15H2,1H3/p+2/t20-/m0/s1. The summed E-state index contributed by atoms with van der Waals surface area (Å²) >= 11 is 12.1. The van der Waals surface area contributed by atoms with Gasteiger partial charge in [-0.15, -0.1) is 0 Å². The summed E-state index contributed by atoms with van der Waals surface area (Å²) < 4.78 is 6.16. The van der Waals surface area contributed by atoms with E-state index in [0.29, 0.717) is 16.7 Å². The molecule has 3 rings (SSSR count). The van der Waals surface area contributed by atoms with Crippen molar-refractivity contribution in [2.75, 3.05) is 46.4 Å². The molecular formula is C21H28Cl2N2O2+2. The van der Waals surface area contributed by atoms with Crippen LogP contribution >= 0.6 is 23.2 Å². The summed E-state index contributed by atoms with van der Waals surface area (Å²) in [5.74, 6) is 0. The van der Waals surface area contributed by atoms with E-state index in [4.69, 9.17) is 27.9 Å². The summed E-state index contributed by atoms with van der Waals surface area (Å²) in [6.07, 6.45) is -0.748. The van der Waals surface area contributed by atoms with Gasteiger partial charge in [0.1, 0.15) is 44.9 Å². The Hall–Kier alpha value is -1.14. The number of aliphatic hydroxyl groups is 1. The van der Waals surface area contributed by atoms with Crippen LogP contribution in [0.2, 0.25) is 10.0 Å². The number of piperazine rings is 1. The van der Waals surface area contributed by atoms with Gasteiger partial charge >= 0.3 is 0 Å². The largest absolute Gasteiger partial charge is 0.385 e. The Balaban J connectivity index is 1.64. The van der Waals surface area contributed by atoms with Crippen LogP contribution in [-0.4, -0.2) is 57.6 Å². The molecule has 4 nitrogen and oxygen atoms in total. The van der Waals surface area contributed by atoms with Crippen LogP contribution in [0.3, 0.4) is 0 Å². The van der Waals surface area contributed by atoms with E-state index in [1.807, 2.05) is 48.5 Å². The van der Waals surface area contributed by atoms with Gasteiger partial charge in [-0.25, -0.2) is 0 Å². The third kappa shape index (κ3) is 6.18. The first-order valence-electron chi connectivity index (χ1n) is 9.46. The molecule has 0 aromatic heterocycles. The lowest BCUT2D eigenvalue weighted by molar-refractivity contribution is -1.00. The Morgan fingerprint density at radius 3 is 1.85 bits per heavy atom. The number of likely N-dealkylation sites (N-methyl/N-ethyl adjacent to an activating group) is 1. The topological polar surface area (TPSA) is 38.3 Å². The predicted molar refractivity (Wildman–Crippen MR) is 109 cm³/mol. The fourth-order valence-corrected chi connectivity index (χ4v) is 3.75. The van der Waals surface area contributed by atoms with Gasteiger partial charge in [-0.05, 0) is 35.4 Å². The van der Waals surface area contributed by atoms with Crippen molar-refractivity contribution in [3.05, 3.63) is 69.7 Å². The highest BCUT2D eigenvalue weighted by molar-refractivity contribution is 6.30. The molecule has 0 aliphatic carbocycles. The summed E-state index contributed by atoms with van der Waals surface area (Å²) in [6.45, 7) is 5.52. The molecule has 0 saturated carbocycles. The Kier molecular flexibility index (Phi) is 7.53. The molecular weight excluding hydrogens is 383 g/mol. The van der Waals surface area contributed by atoms with Crippen LogP contribution in [0.15, 0.2) is 48.5 Å². The predicted octanol–water partition coefficient (Wildman–Crippen LogP) is 0.874. The Morgan fingerprint density at radius 2 is 1.37 bits per heavy atom. The SMILES string of the molecule is C[NH+]1CC[NH+](C[C@H](O)COC(c2ccc(Cl)cc2)c2ccc(Cl)cc2)CC1. The fraction of sp³-hybridized carbons (Fsp3) is 0.429. The van der Waals surface area contributed by atoms with Gasteiger partial charge in [-0.2, -0.15) is 0 Å². The molecule has 1 saturated heterocycles. The molecule has 1 aliphatic rings. The molecule has 27 heavy (non-hydrogen) atoms. The van der Waals surface area contributed by atoms with Gasteiger partial charge in [0.2, 0.25) is 0 Å². The maximum atomic E-state index is 10.5. The first-order valence-corrected chi connectivity index (χ1v) is 10.2. The van der Waals surface area contributed by atoms with Gasteiger partial charge in [-0.3, -0.25) is 0 Å². The molecule has 0 bridgehead atoms. The molecule has 1 aliphatic heterocycles. The molecule has 146 valence electrons. The second-order valence-corrected chi connectivity index (χ2v) is 8.25. The molecule has 0 spiro atoms. The van der Waals surface area contributed by atoms with Crippen LogP contribution in [0.25, 0.3) is 0 Å². The molecule has 2 aromatic carbocycles.